The van der Waals surface area contributed by atoms with Crippen LogP contribution in [-0.2, 0) is 9.53 Å². The van der Waals surface area contributed by atoms with E-state index in [4.69, 9.17) is 4.74 Å². The van der Waals surface area contributed by atoms with E-state index in [1.165, 1.54) is 18.3 Å². The molecule has 0 atom stereocenters. The third kappa shape index (κ3) is 2.88. The fourth-order valence-corrected chi connectivity index (χ4v) is 3.27. The molecule has 1 heterocycles. The largest absolute Gasteiger partial charge is 0.462 e. The van der Waals surface area contributed by atoms with Gasteiger partial charge in [0.2, 0.25) is 0 Å². The van der Waals surface area contributed by atoms with Crippen LogP contribution < -0.4 is 0 Å². The maximum atomic E-state index is 11.6. The summed E-state index contributed by atoms with van der Waals surface area (Å²) >= 11 is 2.54. The number of ether oxygens (including phenoxy) is 1. The van der Waals surface area contributed by atoms with E-state index in [0.717, 1.165) is 16.5 Å². The quantitative estimate of drug-likeness (QED) is 0.639. The lowest BCUT2D eigenvalue weighted by Crippen LogP contribution is -2.03. The van der Waals surface area contributed by atoms with Gasteiger partial charge in [-0.2, -0.15) is 0 Å². The molecule has 0 spiro atoms. The number of esters is 1. The second kappa shape index (κ2) is 5.49. The van der Waals surface area contributed by atoms with E-state index in [9.17, 15) is 9.59 Å². The van der Waals surface area contributed by atoms with Gasteiger partial charge in [0.15, 0.2) is 9.45 Å². The van der Waals surface area contributed by atoms with Gasteiger partial charge in [-0.15, -0.1) is 11.3 Å². The molecule has 0 aliphatic heterocycles. The van der Waals surface area contributed by atoms with Crippen molar-refractivity contribution >= 4 is 44.4 Å². The molecule has 18 heavy (non-hydrogen) atoms. The first-order valence-electron chi connectivity index (χ1n) is 5.36. The van der Waals surface area contributed by atoms with Crippen molar-refractivity contribution in [2.24, 2.45) is 0 Å². The molecule has 6 heteroatoms. The second-order valence-corrected chi connectivity index (χ2v) is 5.93. The third-order valence-corrected chi connectivity index (χ3v) is 3.99. The third-order valence-electron chi connectivity index (χ3n) is 2.11. The Hall–Kier alpha value is -1.40. The summed E-state index contributed by atoms with van der Waals surface area (Å²) in [5, 5.41) is -0.000303. The van der Waals surface area contributed by atoms with Gasteiger partial charge in [-0.1, -0.05) is 0 Å². The number of nitrogens with zero attached hydrogens (tertiary/aromatic N) is 1. The normalized spacial score (nSPS) is 10.6. The molecule has 2 aromatic rings. The number of benzene rings is 1. The second-order valence-electron chi connectivity index (χ2n) is 3.48. The van der Waals surface area contributed by atoms with Crippen molar-refractivity contribution in [2.45, 2.75) is 18.2 Å². The van der Waals surface area contributed by atoms with Gasteiger partial charge in [0, 0.05) is 6.92 Å². The number of thiazole rings is 1. The molecule has 0 radical (unpaired) electrons. The van der Waals surface area contributed by atoms with Crippen molar-refractivity contribution in [3.63, 3.8) is 0 Å². The number of fused-ring (bicyclic) bond motifs is 1. The molecule has 94 valence electrons. The Morgan fingerprint density at radius 1 is 1.44 bits per heavy atom. The molecule has 0 saturated heterocycles. The van der Waals surface area contributed by atoms with Gasteiger partial charge < -0.3 is 4.74 Å². The van der Waals surface area contributed by atoms with Crippen molar-refractivity contribution in [1.29, 1.82) is 0 Å². The van der Waals surface area contributed by atoms with Crippen molar-refractivity contribution in [3.05, 3.63) is 23.8 Å². The number of hydrogen-bond donors (Lipinski definition) is 0. The molecule has 0 saturated carbocycles. The van der Waals surface area contributed by atoms with Crippen LogP contribution in [0.1, 0.15) is 24.2 Å². The fourth-order valence-electron chi connectivity index (χ4n) is 1.41. The molecule has 0 aliphatic carbocycles. The van der Waals surface area contributed by atoms with E-state index < -0.39 is 0 Å². The Morgan fingerprint density at radius 2 is 2.22 bits per heavy atom. The summed E-state index contributed by atoms with van der Waals surface area (Å²) < 4.78 is 6.57. The number of rotatable bonds is 3. The Labute approximate surface area is 112 Å². The van der Waals surface area contributed by atoms with Gasteiger partial charge in [0.25, 0.3) is 0 Å². The van der Waals surface area contributed by atoms with Crippen LogP contribution in [-0.4, -0.2) is 22.7 Å². The fraction of sp³-hybridized carbons (Fsp3) is 0.250. The highest BCUT2D eigenvalue weighted by Gasteiger charge is 2.11. The summed E-state index contributed by atoms with van der Waals surface area (Å²) in [6.07, 6.45) is 0. The number of hydrogen-bond acceptors (Lipinski definition) is 6. The standard InChI is InChI=1S/C12H11NO3S2/c1-3-16-11(15)8-4-5-10-9(6-8)13-12(18-10)17-7(2)14/h4-6H,3H2,1-2H3. The maximum Gasteiger partial charge on any atom is 0.338 e. The molecule has 0 aliphatic rings. The van der Waals surface area contributed by atoms with Crippen LogP contribution >= 0.6 is 23.1 Å². The molecule has 2 rings (SSSR count). The van der Waals surface area contributed by atoms with E-state index in [2.05, 4.69) is 4.98 Å². The lowest BCUT2D eigenvalue weighted by molar-refractivity contribution is -0.109. The van der Waals surface area contributed by atoms with E-state index in [-0.39, 0.29) is 11.1 Å². The van der Waals surface area contributed by atoms with E-state index in [1.54, 1.807) is 19.1 Å². The lowest BCUT2D eigenvalue weighted by atomic mass is 10.2. The Morgan fingerprint density at radius 3 is 2.89 bits per heavy atom. The van der Waals surface area contributed by atoms with Gasteiger partial charge >= 0.3 is 5.97 Å². The molecule has 0 fully saturated rings. The maximum absolute atomic E-state index is 11.6. The average molecular weight is 281 g/mol. The van der Waals surface area contributed by atoms with Gasteiger partial charge in [-0.05, 0) is 36.9 Å². The first-order chi connectivity index (χ1) is 8.60. The van der Waals surface area contributed by atoms with Crippen LogP contribution in [0.25, 0.3) is 10.2 Å². The number of thioether (sulfide) groups is 1. The monoisotopic (exact) mass is 281 g/mol. The van der Waals surface area contributed by atoms with Crippen LogP contribution in [0.3, 0.4) is 0 Å². The zero-order chi connectivity index (χ0) is 13.1. The first-order valence-corrected chi connectivity index (χ1v) is 6.99. The molecule has 0 bridgehead atoms. The molecule has 1 aromatic carbocycles. The van der Waals surface area contributed by atoms with Gasteiger partial charge in [0.05, 0.1) is 22.4 Å². The van der Waals surface area contributed by atoms with Crippen LogP contribution in [0, 0.1) is 0 Å². The van der Waals surface area contributed by atoms with Crippen molar-refractivity contribution in [1.82, 2.24) is 4.98 Å². The first kappa shape index (κ1) is 13.0. The van der Waals surface area contributed by atoms with Crippen molar-refractivity contribution < 1.29 is 14.3 Å². The van der Waals surface area contributed by atoms with E-state index >= 15 is 0 Å². The predicted octanol–water partition coefficient (Wildman–Crippen LogP) is 3.11. The Balaban J connectivity index is 2.33. The van der Waals surface area contributed by atoms with Crippen LogP contribution in [0.15, 0.2) is 22.5 Å². The summed E-state index contributed by atoms with van der Waals surface area (Å²) in [6.45, 7) is 3.61. The molecular weight excluding hydrogens is 270 g/mol. The van der Waals surface area contributed by atoms with Crippen LogP contribution in [0.5, 0.6) is 0 Å². The highest BCUT2D eigenvalue weighted by Crippen LogP contribution is 2.30. The SMILES string of the molecule is CCOC(=O)c1ccc2sc(SC(C)=O)nc2c1. The zero-order valence-electron chi connectivity index (χ0n) is 9.93. The van der Waals surface area contributed by atoms with Crippen LogP contribution in [0.4, 0.5) is 0 Å². The highest BCUT2D eigenvalue weighted by molar-refractivity contribution is 8.14. The zero-order valence-corrected chi connectivity index (χ0v) is 11.6. The minimum Gasteiger partial charge on any atom is -0.462 e. The summed E-state index contributed by atoms with van der Waals surface area (Å²) in [5.41, 5.74) is 1.20. The molecule has 0 amide bonds. The van der Waals surface area contributed by atoms with Gasteiger partial charge in [-0.3, -0.25) is 4.79 Å². The summed E-state index contributed by atoms with van der Waals surface area (Å²) in [4.78, 5) is 26.9. The van der Waals surface area contributed by atoms with E-state index in [0.29, 0.717) is 22.0 Å². The Bertz CT molecular complexity index is 606. The summed E-state index contributed by atoms with van der Waals surface area (Å²) in [5.74, 6) is -0.354. The smallest absolute Gasteiger partial charge is 0.338 e. The topological polar surface area (TPSA) is 56.3 Å². The summed E-state index contributed by atoms with van der Waals surface area (Å²) in [6, 6.07) is 5.22. The predicted molar refractivity (Wildman–Crippen MR) is 72.1 cm³/mol. The summed E-state index contributed by atoms with van der Waals surface area (Å²) in [7, 11) is 0. The molecule has 1 aromatic heterocycles. The number of carbonyl (C=O) groups excluding carboxylic acids is 2. The van der Waals surface area contributed by atoms with Gasteiger partial charge in [0.1, 0.15) is 0 Å². The Kier molecular flexibility index (Phi) is 3.98. The van der Waals surface area contributed by atoms with Crippen LogP contribution in [0.2, 0.25) is 0 Å². The minimum atomic E-state index is -0.354. The lowest BCUT2D eigenvalue weighted by Gasteiger charge is -2.00. The molecular formula is C12H11NO3S2. The molecule has 0 N–H and O–H groups in total. The van der Waals surface area contributed by atoms with Crippen molar-refractivity contribution in [3.8, 4) is 0 Å². The number of aromatic nitrogens is 1. The molecule has 0 unspecified atom stereocenters. The average Bonchev–Trinajstić information content (AvgIpc) is 2.69. The van der Waals surface area contributed by atoms with Crippen molar-refractivity contribution in [2.75, 3.05) is 6.61 Å². The van der Waals surface area contributed by atoms with E-state index in [1.807, 2.05) is 6.07 Å². The van der Waals surface area contributed by atoms with Gasteiger partial charge in [-0.25, -0.2) is 9.78 Å². The highest BCUT2D eigenvalue weighted by atomic mass is 32.2. The number of carbonyl (C=O) groups is 2. The molecule has 4 nitrogen and oxygen atoms in total. The minimum absolute atomic E-state index is 0.000303.